The summed E-state index contributed by atoms with van der Waals surface area (Å²) in [6.45, 7) is 5.48. The molecular weight excluding hydrogens is 170 g/mol. The lowest BCUT2D eigenvalue weighted by molar-refractivity contribution is -0.118. The highest BCUT2D eigenvalue weighted by Gasteiger charge is 2.11. The predicted molar refractivity (Wildman–Crippen MR) is 49.5 cm³/mol. The quantitative estimate of drug-likeness (QED) is 0.663. The smallest absolute Gasteiger partial charge is 0.407 e. The summed E-state index contributed by atoms with van der Waals surface area (Å²) in [6, 6.07) is -0.464. The Labute approximate surface area is 78.6 Å². The Morgan fingerprint density at radius 2 is 2.08 bits per heavy atom. The molecule has 0 fully saturated rings. The molecular formula is C9H17NO3. The van der Waals surface area contributed by atoms with E-state index in [1.165, 1.54) is 6.92 Å². The molecule has 0 rings (SSSR count). The van der Waals surface area contributed by atoms with Gasteiger partial charge < -0.3 is 10.1 Å². The van der Waals surface area contributed by atoms with Crippen LogP contribution in [-0.2, 0) is 9.53 Å². The standard InChI is InChI=1S/C9H17NO3/c1-4-5-6-13-9(12)10-7(2)8(3)11/h7H,4-6H2,1-3H3,(H,10,12)/t7-/m0/s1. The predicted octanol–water partition coefficient (Wildman–Crippen LogP) is 1.49. The van der Waals surface area contributed by atoms with Gasteiger partial charge in [-0.25, -0.2) is 4.79 Å². The molecule has 0 bridgehead atoms. The highest BCUT2D eigenvalue weighted by atomic mass is 16.5. The average molecular weight is 187 g/mol. The van der Waals surface area contributed by atoms with Crippen molar-refractivity contribution in [2.24, 2.45) is 0 Å². The SMILES string of the molecule is CCCCOC(=O)N[C@@H](C)C(C)=O. The molecule has 1 amide bonds. The first kappa shape index (κ1) is 11.9. The Balaban J connectivity index is 3.56. The molecule has 4 nitrogen and oxygen atoms in total. The summed E-state index contributed by atoms with van der Waals surface area (Å²) in [4.78, 5) is 21.7. The molecule has 0 aliphatic rings. The summed E-state index contributed by atoms with van der Waals surface area (Å²) in [5.41, 5.74) is 0. The maximum Gasteiger partial charge on any atom is 0.407 e. The maximum atomic E-state index is 10.9. The van der Waals surface area contributed by atoms with Crippen molar-refractivity contribution in [2.75, 3.05) is 6.61 Å². The third kappa shape index (κ3) is 6.13. The number of hydrogen-bond acceptors (Lipinski definition) is 3. The minimum atomic E-state index is -0.517. The summed E-state index contributed by atoms with van der Waals surface area (Å²) in [5.74, 6) is -0.0764. The van der Waals surface area contributed by atoms with Crippen molar-refractivity contribution in [3.05, 3.63) is 0 Å². The molecule has 0 aliphatic carbocycles. The Morgan fingerprint density at radius 1 is 1.46 bits per heavy atom. The summed E-state index contributed by atoms with van der Waals surface area (Å²) in [5, 5.41) is 2.43. The molecule has 0 aromatic rings. The number of rotatable bonds is 5. The van der Waals surface area contributed by atoms with Gasteiger partial charge in [-0.3, -0.25) is 4.79 Å². The van der Waals surface area contributed by atoms with E-state index >= 15 is 0 Å². The topological polar surface area (TPSA) is 55.4 Å². The van der Waals surface area contributed by atoms with Crippen LogP contribution in [0.1, 0.15) is 33.6 Å². The van der Waals surface area contributed by atoms with Crippen LogP contribution in [0.3, 0.4) is 0 Å². The number of amides is 1. The van der Waals surface area contributed by atoms with Crippen molar-refractivity contribution in [2.45, 2.75) is 39.7 Å². The van der Waals surface area contributed by atoms with Crippen LogP contribution < -0.4 is 5.32 Å². The lowest BCUT2D eigenvalue weighted by Gasteiger charge is -2.10. The van der Waals surface area contributed by atoms with Crippen LogP contribution in [0.4, 0.5) is 4.79 Å². The number of ether oxygens (including phenoxy) is 1. The van der Waals surface area contributed by atoms with Gasteiger partial charge in [0, 0.05) is 0 Å². The highest BCUT2D eigenvalue weighted by Crippen LogP contribution is 1.90. The molecule has 0 saturated heterocycles. The lowest BCUT2D eigenvalue weighted by Crippen LogP contribution is -2.37. The fourth-order valence-electron chi connectivity index (χ4n) is 0.629. The monoisotopic (exact) mass is 187 g/mol. The molecule has 0 radical (unpaired) electrons. The second-order valence-corrected chi connectivity index (χ2v) is 2.97. The molecule has 1 N–H and O–H groups in total. The van der Waals surface area contributed by atoms with E-state index in [1.54, 1.807) is 6.92 Å². The first-order chi connectivity index (χ1) is 6.07. The molecule has 4 heteroatoms. The van der Waals surface area contributed by atoms with Gasteiger partial charge in [0.05, 0.1) is 12.6 Å². The molecule has 13 heavy (non-hydrogen) atoms. The molecule has 0 aromatic heterocycles. The number of nitrogens with one attached hydrogen (secondary N) is 1. The van der Waals surface area contributed by atoms with Gasteiger partial charge in [0.2, 0.25) is 0 Å². The minimum Gasteiger partial charge on any atom is -0.450 e. The van der Waals surface area contributed by atoms with E-state index < -0.39 is 12.1 Å². The van der Waals surface area contributed by atoms with E-state index in [4.69, 9.17) is 4.74 Å². The fourth-order valence-corrected chi connectivity index (χ4v) is 0.629. The Bertz CT molecular complexity index is 180. The molecule has 76 valence electrons. The van der Waals surface area contributed by atoms with Crippen LogP contribution in [0.15, 0.2) is 0 Å². The zero-order valence-electron chi connectivity index (χ0n) is 8.42. The van der Waals surface area contributed by atoms with Gasteiger partial charge in [-0.05, 0) is 20.3 Å². The Hall–Kier alpha value is -1.06. The van der Waals surface area contributed by atoms with E-state index in [9.17, 15) is 9.59 Å². The number of hydrogen-bond donors (Lipinski definition) is 1. The normalized spacial score (nSPS) is 11.9. The lowest BCUT2D eigenvalue weighted by atomic mass is 10.2. The van der Waals surface area contributed by atoms with Crippen LogP contribution in [0.5, 0.6) is 0 Å². The zero-order chi connectivity index (χ0) is 10.3. The van der Waals surface area contributed by atoms with E-state index in [2.05, 4.69) is 5.32 Å². The van der Waals surface area contributed by atoms with Crippen molar-refractivity contribution in [3.63, 3.8) is 0 Å². The molecule has 0 heterocycles. The first-order valence-corrected chi connectivity index (χ1v) is 4.51. The van der Waals surface area contributed by atoms with Crippen molar-refractivity contribution < 1.29 is 14.3 Å². The summed E-state index contributed by atoms with van der Waals surface area (Å²) in [7, 11) is 0. The zero-order valence-corrected chi connectivity index (χ0v) is 8.42. The molecule has 1 atom stereocenters. The largest absolute Gasteiger partial charge is 0.450 e. The summed E-state index contributed by atoms with van der Waals surface area (Å²) in [6.07, 6.45) is 1.31. The number of carbonyl (C=O) groups is 2. The molecule has 0 spiro atoms. The number of alkyl carbamates (subject to hydrolysis) is 1. The number of unbranched alkanes of at least 4 members (excludes halogenated alkanes) is 1. The number of carbonyl (C=O) groups excluding carboxylic acids is 2. The average Bonchev–Trinajstić information content (AvgIpc) is 2.04. The second-order valence-electron chi connectivity index (χ2n) is 2.97. The molecule has 0 unspecified atom stereocenters. The van der Waals surface area contributed by atoms with Gasteiger partial charge in [0.25, 0.3) is 0 Å². The third-order valence-corrected chi connectivity index (χ3v) is 1.68. The second kappa shape index (κ2) is 6.46. The molecule has 0 saturated carbocycles. The molecule has 0 aliphatic heterocycles. The van der Waals surface area contributed by atoms with Gasteiger partial charge in [-0.15, -0.1) is 0 Å². The maximum absolute atomic E-state index is 10.9. The highest BCUT2D eigenvalue weighted by molar-refractivity contribution is 5.84. The Kier molecular flexibility index (Phi) is 5.93. The number of ketones is 1. The fraction of sp³-hybridized carbons (Fsp3) is 0.778. The van der Waals surface area contributed by atoms with Gasteiger partial charge in [0.1, 0.15) is 0 Å². The third-order valence-electron chi connectivity index (χ3n) is 1.68. The van der Waals surface area contributed by atoms with E-state index in [1.807, 2.05) is 6.92 Å². The number of Topliss-reactive ketones (excluding diaryl/α,β-unsaturated/α-hetero) is 1. The van der Waals surface area contributed by atoms with Crippen molar-refractivity contribution >= 4 is 11.9 Å². The van der Waals surface area contributed by atoms with Crippen LogP contribution in [-0.4, -0.2) is 24.5 Å². The van der Waals surface area contributed by atoms with Gasteiger partial charge in [0.15, 0.2) is 5.78 Å². The van der Waals surface area contributed by atoms with Crippen LogP contribution in [0.2, 0.25) is 0 Å². The van der Waals surface area contributed by atoms with Gasteiger partial charge in [-0.2, -0.15) is 0 Å². The minimum absolute atomic E-state index is 0.0764. The van der Waals surface area contributed by atoms with Crippen molar-refractivity contribution in [1.29, 1.82) is 0 Å². The summed E-state index contributed by atoms with van der Waals surface area (Å²) < 4.78 is 4.80. The van der Waals surface area contributed by atoms with E-state index in [-0.39, 0.29) is 5.78 Å². The van der Waals surface area contributed by atoms with Crippen LogP contribution in [0, 0.1) is 0 Å². The van der Waals surface area contributed by atoms with E-state index in [0.29, 0.717) is 6.61 Å². The summed E-state index contributed by atoms with van der Waals surface area (Å²) >= 11 is 0. The van der Waals surface area contributed by atoms with Gasteiger partial charge >= 0.3 is 6.09 Å². The Morgan fingerprint density at radius 3 is 2.54 bits per heavy atom. The van der Waals surface area contributed by atoms with Crippen LogP contribution in [0.25, 0.3) is 0 Å². The van der Waals surface area contributed by atoms with E-state index in [0.717, 1.165) is 12.8 Å². The molecule has 0 aromatic carbocycles. The van der Waals surface area contributed by atoms with Crippen molar-refractivity contribution in [3.8, 4) is 0 Å². The first-order valence-electron chi connectivity index (χ1n) is 4.51. The van der Waals surface area contributed by atoms with Crippen molar-refractivity contribution in [1.82, 2.24) is 5.32 Å². The van der Waals surface area contributed by atoms with Crippen LogP contribution >= 0.6 is 0 Å². The van der Waals surface area contributed by atoms with Gasteiger partial charge in [-0.1, -0.05) is 13.3 Å².